The molecule has 116 valence electrons. The Hall–Kier alpha value is -2.79. The SMILES string of the molecule is COc1cc(C=C2C(=O)ON=C2c2ccc(Cl)cc2)ccc1O. The number of benzene rings is 2. The van der Waals surface area contributed by atoms with Gasteiger partial charge in [-0.25, -0.2) is 4.79 Å². The van der Waals surface area contributed by atoms with E-state index in [1.54, 1.807) is 42.5 Å². The van der Waals surface area contributed by atoms with Gasteiger partial charge in [0, 0.05) is 10.6 Å². The van der Waals surface area contributed by atoms with Crippen molar-refractivity contribution in [1.82, 2.24) is 0 Å². The van der Waals surface area contributed by atoms with E-state index < -0.39 is 5.97 Å². The van der Waals surface area contributed by atoms with Gasteiger partial charge in [0.1, 0.15) is 5.71 Å². The molecule has 2 aromatic rings. The minimum atomic E-state index is -0.540. The lowest BCUT2D eigenvalue weighted by atomic mass is 10.0. The number of aromatic hydroxyl groups is 1. The van der Waals surface area contributed by atoms with Crippen LogP contribution in [0.1, 0.15) is 11.1 Å². The highest BCUT2D eigenvalue weighted by molar-refractivity contribution is 6.32. The van der Waals surface area contributed by atoms with E-state index in [9.17, 15) is 9.90 Å². The third kappa shape index (κ3) is 3.05. The first-order valence-corrected chi connectivity index (χ1v) is 7.10. The summed E-state index contributed by atoms with van der Waals surface area (Å²) in [5.74, 6) is -0.201. The van der Waals surface area contributed by atoms with Gasteiger partial charge in [-0.05, 0) is 35.9 Å². The summed E-state index contributed by atoms with van der Waals surface area (Å²) in [6.45, 7) is 0. The monoisotopic (exact) mass is 329 g/mol. The molecule has 5 nitrogen and oxygen atoms in total. The van der Waals surface area contributed by atoms with E-state index in [-0.39, 0.29) is 5.75 Å². The van der Waals surface area contributed by atoms with Crippen molar-refractivity contribution in [2.75, 3.05) is 7.11 Å². The first-order chi connectivity index (χ1) is 11.1. The second-order valence-corrected chi connectivity index (χ2v) is 5.25. The number of oxime groups is 1. The van der Waals surface area contributed by atoms with Crippen LogP contribution in [0.25, 0.3) is 6.08 Å². The Balaban J connectivity index is 2.01. The molecule has 1 aliphatic rings. The second kappa shape index (κ2) is 6.14. The number of carbonyl (C=O) groups excluding carboxylic acids is 1. The molecule has 2 aromatic carbocycles. The Morgan fingerprint density at radius 2 is 1.96 bits per heavy atom. The predicted octanol–water partition coefficient (Wildman–Crippen LogP) is 3.40. The van der Waals surface area contributed by atoms with Gasteiger partial charge in [0.05, 0.1) is 12.7 Å². The first kappa shape index (κ1) is 15.1. The summed E-state index contributed by atoms with van der Waals surface area (Å²) in [5.41, 5.74) is 2.14. The lowest BCUT2D eigenvalue weighted by molar-refractivity contribution is -0.136. The highest BCUT2D eigenvalue weighted by Gasteiger charge is 2.26. The number of rotatable bonds is 3. The van der Waals surface area contributed by atoms with E-state index in [0.29, 0.717) is 27.6 Å². The number of phenols is 1. The summed E-state index contributed by atoms with van der Waals surface area (Å²) in [5, 5.41) is 14.1. The van der Waals surface area contributed by atoms with Crippen molar-refractivity contribution in [2.24, 2.45) is 5.16 Å². The molecule has 1 N–H and O–H groups in total. The van der Waals surface area contributed by atoms with Gasteiger partial charge >= 0.3 is 5.97 Å². The fraction of sp³-hybridized carbons (Fsp3) is 0.0588. The van der Waals surface area contributed by atoms with Crippen LogP contribution in [0, 0.1) is 0 Å². The van der Waals surface area contributed by atoms with Crippen molar-refractivity contribution < 1.29 is 19.5 Å². The number of phenolic OH excluding ortho intramolecular Hbond substituents is 1. The molecule has 0 aromatic heterocycles. The van der Waals surface area contributed by atoms with Crippen LogP contribution in [0.2, 0.25) is 5.02 Å². The average molecular weight is 330 g/mol. The van der Waals surface area contributed by atoms with Crippen LogP contribution < -0.4 is 4.74 Å². The van der Waals surface area contributed by atoms with Gasteiger partial charge in [-0.15, -0.1) is 0 Å². The fourth-order valence-electron chi connectivity index (χ4n) is 2.18. The molecule has 0 saturated heterocycles. The molecule has 0 saturated carbocycles. The van der Waals surface area contributed by atoms with E-state index in [0.717, 1.165) is 5.56 Å². The zero-order valence-electron chi connectivity index (χ0n) is 12.1. The van der Waals surface area contributed by atoms with Crippen molar-refractivity contribution >= 4 is 29.4 Å². The van der Waals surface area contributed by atoms with Gasteiger partial charge < -0.3 is 14.7 Å². The summed E-state index contributed by atoms with van der Waals surface area (Å²) >= 11 is 5.87. The molecule has 0 aliphatic carbocycles. The molecule has 1 aliphatic heterocycles. The number of nitrogens with zero attached hydrogens (tertiary/aromatic N) is 1. The summed E-state index contributed by atoms with van der Waals surface area (Å²) in [6, 6.07) is 11.7. The minimum absolute atomic E-state index is 0.0234. The number of halogens is 1. The maximum Gasteiger partial charge on any atom is 0.368 e. The minimum Gasteiger partial charge on any atom is -0.504 e. The van der Waals surface area contributed by atoms with Crippen molar-refractivity contribution in [3.63, 3.8) is 0 Å². The fourth-order valence-corrected chi connectivity index (χ4v) is 2.30. The largest absolute Gasteiger partial charge is 0.504 e. The molecule has 1 heterocycles. The standard InChI is InChI=1S/C17H12ClNO4/c1-22-15-9-10(2-7-14(15)20)8-13-16(19-23-17(13)21)11-3-5-12(18)6-4-11/h2-9,20H,1H3. The zero-order valence-corrected chi connectivity index (χ0v) is 12.9. The number of carbonyl (C=O) groups is 1. The number of hydrogen-bond donors (Lipinski definition) is 1. The third-order valence-electron chi connectivity index (χ3n) is 3.33. The van der Waals surface area contributed by atoms with Crippen LogP contribution in [-0.4, -0.2) is 23.9 Å². The number of hydrogen-bond acceptors (Lipinski definition) is 5. The summed E-state index contributed by atoms with van der Waals surface area (Å²) in [7, 11) is 1.45. The van der Waals surface area contributed by atoms with Crippen molar-refractivity contribution in [3.05, 3.63) is 64.2 Å². The Labute approximate surface area is 137 Å². The van der Waals surface area contributed by atoms with Gasteiger partial charge in [-0.3, -0.25) is 0 Å². The Morgan fingerprint density at radius 1 is 1.22 bits per heavy atom. The van der Waals surface area contributed by atoms with Crippen molar-refractivity contribution in [3.8, 4) is 11.5 Å². The summed E-state index contributed by atoms with van der Waals surface area (Å²) < 4.78 is 5.06. The molecule has 0 atom stereocenters. The molecular formula is C17H12ClNO4. The molecule has 0 fully saturated rings. The Morgan fingerprint density at radius 3 is 2.65 bits per heavy atom. The maximum absolute atomic E-state index is 11.9. The Bertz CT molecular complexity index is 825. The molecule has 0 bridgehead atoms. The zero-order chi connectivity index (χ0) is 16.4. The van der Waals surface area contributed by atoms with Crippen LogP contribution in [-0.2, 0) is 9.63 Å². The first-order valence-electron chi connectivity index (χ1n) is 6.73. The highest BCUT2D eigenvalue weighted by Crippen LogP contribution is 2.28. The molecule has 0 spiro atoms. The van der Waals surface area contributed by atoms with E-state index in [4.69, 9.17) is 21.2 Å². The average Bonchev–Trinajstić information content (AvgIpc) is 2.91. The summed E-state index contributed by atoms with van der Waals surface area (Å²) in [4.78, 5) is 16.7. The summed E-state index contributed by atoms with van der Waals surface area (Å²) in [6.07, 6.45) is 1.63. The number of methoxy groups -OCH3 is 1. The molecule has 0 radical (unpaired) electrons. The number of ether oxygens (including phenoxy) is 1. The molecule has 23 heavy (non-hydrogen) atoms. The van der Waals surface area contributed by atoms with Gasteiger partial charge in [0.15, 0.2) is 11.5 Å². The Kier molecular flexibility index (Phi) is 4.04. The predicted molar refractivity (Wildman–Crippen MR) is 86.7 cm³/mol. The van der Waals surface area contributed by atoms with E-state index >= 15 is 0 Å². The van der Waals surface area contributed by atoms with Crippen LogP contribution in [0.5, 0.6) is 11.5 Å². The van der Waals surface area contributed by atoms with Crippen LogP contribution in [0.4, 0.5) is 0 Å². The van der Waals surface area contributed by atoms with E-state index in [1.807, 2.05) is 0 Å². The van der Waals surface area contributed by atoms with Crippen molar-refractivity contribution in [1.29, 1.82) is 0 Å². The van der Waals surface area contributed by atoms with E-state index in [1.165, 1.54) is 13.2 Å². The maximum atomic E-state index is 11.9. The van der Waals surface area contributed by atoms with E-state index in [2.05, 4.69) is 5.16 Å². The highest BCUT2D eigenvalue weighted by atomic mass is 35.5. The normalized spacial score (nSPS) is 15.5. The topological polar surface area (TPSA) is 68.1 Å². The lowest BCUT2D eigenvalue weighted by Gasteiger charge is -2.05. The van der Waals surface area contributed by atoms with Gasteiger partial charge in [0.2, 0.25) is 0 Å². The smallest absolute Gasteiger partial charge is 0.368 e. The van der Waals surface area contributed by atoms with Crippen molar-refractivity contribution in [2.45, 2.75) is 0 Å². The molecule has 6 heteroatoms. The van der Waals surface area contributed by atoms with Crippen LogP contribution in [0.3, 0.4) is 0 Å². The second-order valence-electron chi connectivity index (χ2n) is 4.81. The molecule has 0 amide bonds. The molecule has 0 unspecified atom stereocenters. The quantitative estimate of drug-likeness (QED) is 0.692. The van der Waals surface area contributed by atoms with Crippen LogP contribution in [0.15, 0.2) is 53.2 Å². The third-order valence-corrected chi connectivity index (χ3v) is 3.58. The van der Waals surface area contributed by atoms with Crippen LogP contribution >= 0.6 is 11.6 Å². The van der Waals surface area contributed by atoms with Gasteiger partial charge in [0.25, 0.3) is 0 Å². The van der Waals surface area contributed by atoms with Gasteiger partial charge in [-0.2, -0.15) is 0 Å². The van der Waals surface area contributed by atoms with Gasteiger partial charge in [-0.1, -0.05) is 35.0 Å². The molecule has 3 rings (SSSR count). The lowest BCUT2D eigenvalue weighted by Crippen LogP contribution is -2.06. The molecular weight excluding hydrogens is 318 g/mol.